The summed E-state index contributed by atoms with van der Waals surface area (Å²) in [5, 5.41) is 0. The van der Waals surface area contributed by atoms with Gasteiger partial charge in [-0.15, -0.1) is 0 Å². The first-order chi connectivity index (χ1) is 15.3. The van der Waals surface area contributed by atoms with Crippen molar-refractivity contribution in [3.63, 3.8) is 0 Å². The van der Waals surface area contributed by atoms with Crippen molar-refractivity contribution in [2.45, 2.75) is 25.9 Å². The Labute approximate surface area is 185 Å². The summed E-state index contributed by atoms with van der Waals surface area (Å²) >= 11 is 0. The SMILES string of the molecule is COc1ccc2c(c1)C=C[C@H]1[C@H]3C(=O)N(c4ccc(C(C)=O)cc4)C(=O)[C@@H]3[C@H](C(C)=O)N21. The van der Waals surface area contributed by atoms with Crippen LogP contribution in [0.3, 0.4) is 0 Å². The first-order valence-electron chi connectivity index (χ1n) is 10.5. The predicted octanol–water partition coefficient (Wildman–Crippen LogP) is 2.88. The standard InChI is InChI=1S/C25H22N2O5/c1-13(28)15-4-7-17(8-5-15)26-24(30)21-20-10-6-16-12-18(32-3)9-11-19(16)27(20)23(14(2)29)22(21)25(26)31/h4-12,20-23H,1-3H3/t20-,21+,22-,23-/m0/s1. The quantitative estimate of drug-likeness (QED) is 0.548. The molecule has 0 aliphatic carbocycles. The molecule has 2 aromatic rings. The maximum Gasteiger partial charge on any atom is 0.240 e. The number of amides is 2. The van der Waals surface area contributed by atoms with Crippen LogP contribution in [0, 0.1) is 11.8 Å². The molecule has 0 N–H and O–H groups in total. The summed E-state index contributed by atoms with van der Waals surface area (Å²) in [6.45, 7) is 2.92. The number of fused-ring (bicyclic) bond motifs is 5. The van der Waals surface area contributed by atoms with E-state index in [1.165, 1.54) is 18.7 Å². The number of carbonyl (C=O) groups is 4. The molecule has 2 amide bonds. The van der Waals surface area contributed by atoms with E-state index in [2.05, 4.69) is 0 Å². The minimum Gasteiger partial charge on any atom is -0.497 e. The van der Waals surface area contributed by atoms with Gasteiger partial charge in [-0.2, -0.15) is 0 Å². The zero-order valence-corrected chi connectivity index (χ0v) is 17.9. The van der Waals surface area contributed by atoms with Gasteiger partial charge >= 0.3 is 0 Å². The van der Waals surface area contributed by atoms with E-state index in [-0.39, 0.29) is 23.4 Å². The molecular formula is C25H22N2O5. The first-order valence-corrected chi connectivity index (χ1v) is 10.5. The van der Waals surface area contributed by atoms with Gasteiger partial charge in [0.1, 0.15) is 11.8 Å². The second-order valence-corrected chi connectivity index (χ2v) is 8.40. The van der Waals surface area contributed by atoms with E-state index in [9.17, 15) is 19.2 Å². The fourth-order valence-corrected chi connectivity index (χ4v) is 5.24. The van der Waals surface area contributed by atoms with E-state index < -0.39 is 23.9 Å². The van der Waals surface area contributed by atoms with Gasteiger partial charge in [0.05, 0.1) is 30.7 Å². The van der Waals surface area contributed by atoms with Gasteiger partial charge in [-0.3, -0.25) is 19.2 Å². The molecule has 0 bridgehead atoms. The molecule has 2 fully saturated rings. The van der Waals surface area contributed by atoms with Crippen LogP contribution in [0.5, 0.6) is 5.75 Å². The largest absolute Gasteiger partial charge is 0.497 e. The molecule has 3 heterocycles. The molecule has 0 saturated carbocycles. The third-order valence-electron chi connectivity index (χ3n) is 6.66. The highest BCUT2D eigenvalue weighted by Gasteiger charge is 2.63. The van der Waals surface area contributed by atoms with E-state index in [0.717, 1.165) is 11.3 Å². The van der Waals surface area contributed by atoms with Crippen LogP contribution in [0.15, 0.2) is 48.5 Å². The Bertz CT molecular complexity index is 1200. The molecule has 7 heteroatoms. The smallest absolute Gasteiger partial charge is 0.240 e. The lowest BCUT2D eigenvalue weighted by atomic mass is 9.88. The van der Waals surface area contributed by atoms with E-state index in [4.69, 9.17) is 4.74 Å². The maximum atomic E-state index is 13.5. The fourth-order valence-electron chi connectivity index (χ4n) is 5.24. The summed E-state index contributed by atoms with van der Waals surface area (Å²) in [5.41, 5.74) is 2.61. The maximum absolute atomic E-state index is 13.5. The molecular weight excluding hydrogens is 408 g/mol. The minimum absolute atomic E-state index is 0.0950. The number of hydrogen-bond donors (Lipinski definition) is 0. The summed E-state index contributed by atoms with van der Waals surface area (Å²) in [4.78, 5) is 54.4. The summed E-state index contributed by atoms with van der Waals surface area (Å²) < 4.78 is 5.31. The Morgan fingerprint density at radius 1 is 0.938 bits per heavy atom. The summed E-state index contributed by atoms with van der Waals surface area (Å²) in [6, 6.07) is 10.8. The number of carbonyl (C=O) groups excluding carboxylic acids is 4. The monoisotopic (exact) mass is 430 g/mol. The van der Waals surface area contributed by atoms with E-state index in [1.54, 1.807) is 31.4 Å². The van der Waals surface area contributed by atoms with Crippen molar-refractivity contribution in [1.82, 2.24) is 0 Å². The summed E-state index contributed by atoms with van der Waals surface area (Å²) in [6.07, 6.45) is 3.82. The molecule has 4 atom stereocenters. The number of nitrogens with zero attached hydrogens (tertiary/aromatic N) is 2. The lowest BCUT2D eigenvalue weighted by molar-refractivity contribution is -0.126. The number of ketones is 2. The number of benzene rings is 2. The lowest BCUT2D eigenvalue weighted by Gasteiger charge is -2.36. The summed E-state index contributed by atoms with van der Waals surface area (Å²) in [5.74, 6) is -1.69. The van der Waals surface area contributed by atoms with Crippen LogP contribution in [0.25, 0.3) is 6.08 Å². The molecule has 2 aromatic carbocycles. The number of rotatable bonds is 4. The van der Waals surface area contributed by atoms with Crippen molar-refractivity contribution in [2.24, 2.45) is 11.8 Å². The number of methoxy groups -OCH3 is 1. The van der Waals surface area contributed by atoms with Gasteiger partial charge in [-0.25, -0.2) is 4.90 Å². The molecule has 3 aliphatic rings. The van der Waals surface area contributed by atoms with Gasteiger partial charge in [0.25, 0.3) is 0 Å². The first kappa shape index (κ1) is 20.2. The second-order valence-electron chi connectivity index (χ2n) is 8.40. The van der Waals surface area contributed by atoms with Crippen molar-refractivity contribution >= 4 is 40.8 Å². The second kappa shape index (κ2) is 7.15. The van der Waals surface area contributed by atoms with Crippen molar-refractivity contribution in [3.8, 4) is 5.75 Å². The van der Waals surface area contributed by atoms with Gasteiger partial charge in [-0.1, -0.05) is 12.2 Å². The summed E-state index contributed by atoms with van der Waals surface area (Å²) in [7, 11) is 1.59. The zero-order valence-electron chi connectivity index (χ0n) is 17.9. The van der Waals surface area contributed by atoms with Crippen LogP contribution >= 0.6 is 0 Å². The highest BCUT2D eigenvalue weighted by molar-refractivity contribution is 6.24. The molecule has 32 heavy (non-hydrogen) atoms. The van der Waals surface area contributed by atoms with Gasteiger partial charge in [0.2, 0.25) is 11.8 Å². The molecule has 5 rings (SSSR count). The highest BCUT2D eigenvalue weighted by Crippen LogP contribution is 2.49. The van der Waals surface area contributed by atoms with Crippen LogP contribution in [-0.4, -0.2) is 42.6 Å². The molecule has 3 aliphatic heterocycles. The Balaban J connectivity index is 1.57. The van der Waals surface area contributed by atoms with Crippen molar-refractivity contribution in [1.29, 1.82) is 0 Å². The van der Waals surface area contributed by atoms with Gasteiger partial charge in [-0.05, 0) is 56.3 Å². The van der Waals surface area contributed by atoms with Crippen molar-refractivity contribution < 1.29 is 23.9 Å². The number of hydrogen-bond acceptors (Lipinski definition) is 6. The Morgan fingerprint density at radius 3 is 2.25 bits per heavy atom. The van der Waals surface area contributed by atoms with Crippen molar-refractivity contribution in [2.75, 3.05) is 16.9 Å². The molecule has 2 saturated heterocycles. The molecule has 0 spiro atoms. The molecule has 0 aromatic heterocycles. The van der Waals surface area contributed by atoms with Crippen molar-refractivity contribution in [3.05, 3.63) is 59.7 Å². The lowest BCUT2D eigenvalue weighted by Crippen LogP contribution is -2.48. The normalized spacial score (nSPS) is 25.5. The van der Waals surface area contributed by atoms with Gasteiger partial charge in [0.15, 0.2) is 11.6 Å². The average molecular weight is 430 g/mol. The van der Waals surface area contributed by atoms with Crippen LogP contribution in [0.1, 0.15) is 29.8 Å². The van der Waals surface area contributed by atoms with E-state index >= 15 is 0 Å². The van der Waals surface area contributed by atoms with Crippen LogP contribution in [0.2, 0.25) is 0 Å². The number of Topliss-reactive ketones (excluding diaryl/α,β-unsaturated/α-hetero) is 2. The highest BCUT2D eigenvalue weighted by atomic mass is 16.5. The van der Waals surface area contributed by atoms with E-state index in [0.29, 0.717) is 17.0 Å². The number of ether oxygens (including phenoxy) is 1. The van der Waals surface area contributed by atoms with Crippen LogP contribution < -0.4 is 14.5 Å². The third kappa shape index (κ3) is 2.74. The van der Waals surface area contributed by atoms with Gasteiger partial charge < -0.3 is 9.64 Å². The van der Waals surface area contributed by atoms with Gasteiger partial charge in [0, 0.05) is 16.8 Å². The number of anilines is 2. The Morgan fingerprint density at radius 2 is 1.62 bits per heavy atom. The fraction of sp³-hybridized carbons (Fsp3) is 0.280. The van der Waals surface area contributed by atoms with E-state index in [1.807, 2.05) is 35.3 Å². The Kier molecular flexibility index (Phi) is 4.51. The molecule has 7 nitrogen and oxygen atoms in total. The predicted molar refractivity (Wildman–Crippen MR) is 119 cm³/mol. The number of imide groups is 1. The van der Waals surface area contributed by atoms with Crippen LogP contribution in [-0.2, 0) is 14.4 Å². The minimum atomic E-state index is -0.768. The topological polar surface area (TPSA) is 84.0 Å². The van der Waals surface area contributed by atoms with Crippen LogP contribution in [0.4, 0.5) is 11.4 Å². The molecule has 0 unspecified atom stereocenters. The molecule has 0 radical (unpaired) electrons. The zero-order chi connectivity index (χ0) is 22.7. The average Bonchev–Trinajstić information content (AvgIpc) is 3.26. The third-order valence-corrected chi connectivity index (χ3v) is 6.66. The Hall–Kier alpha value is -3.74. The molecule has 162 valence electrons.